The van der Waals surface area contributed by atoms with Crippen molar-refractivity contribution < 1.29 is 14.3 Å². The molecular weight excluding hydrogens is 346 g/mol. The van der Waals surface area contributed by atoms with E-state index >= 15 is 0 Å². The fourth-order valence-corrected chi connectivity index (χ4v) is 3.00. The van der Waals surface area contributed by atoms with E-state index < -0.39 is 5.97 Å². The molecule has 7 nitrogen and oxygen atoms in total. The molecule has 0 spiro atoms. The van der Waals surface area contributed by atoms with Gasteiger partial charge in [-0.25, -0.2) is 9.78 Å². The van der Waals surface area contributed by atoms with Crippen LogP contribution in [0.25, 0.3) is 16.6 Å². The molecule has 1 aromatic carbocycles. The minimum absolute atomic E-state index is 0.0861. The quantitative estimate of drug-likeness (QED) is 0.564. The second-order valence-corrected chi connectivity index (χ2v) is 6.16. The minimum atomic E-state index is -0.517. The summed E-state index contributed by atoms with van der Waals surface area (Å²) in [5.74, 6) is 0.178. The van der Waals surface area contributed by atoms with Crippen LogP contribution >= 0.6 is 0 Å². The molecule has 3 heterocycles. The number of benzene rings is 1. The van der Waals surface area contributed by atoms with E-state index in [4.69, 9.17) is 9.47 Å². The van der Waals surface area contributed by atoms with Crippen LogP contribution in [0, 0.1) is 6.92 Å². The lowest BCUT2D eigenvalue weighted by molar-refractivity contribution is 0.0462. The van der Waals surface area contributed by atoms with Crippen molar-refractivity contribution >= 4 is 22.5 Å². The largest absolute Gasteiger partial charge is 0.497 e. The van der Waals surface area contributed by atoms with Crippen molar-refractivity contribution in [2.45, 2.75) is 13.5 Å². The molecule has 4 rings (SSSR count). The number of nitrogens with zero attached hydrogens (tertiary/aromatic N) is 2. The van der Waals surface area contributed by atoms with Crippen LogP contribution in [-0.4, -0.2) is 27.4 Å². The first-order valence-electron chi connectivity index (χ1n) is 8.37. The van der Waals surface area contributed by atoms with Crippen molar-refractivity contribution in [3.63, 3.8) is 0 Å². The topological polar surface area (TPSA) is 85.7 Å². The lowest BCUT2D eigenvalue weighted by Crippen LogP contribution is -2.18. The highest BCUT2D eigenvalue weighted by Crippen LogP contribution is 2.21. The van der Waals surface area contributed by atoms with Crippen LogP contribution in [0.4, 0.5) is 0 Å². The van der Waals surface area contributed by atoms with E-state index in [0.29, 0.717) is 22.8 Å². The number of carbonyl (C=O) groups excluding carboxylic acids is 1. The summed E-state index contributed by atoms with van der Waals surface area (Å²) in [5, 5.41) is 0.875. The molecule has 0 unspecified atom stereocenters. The van der Waals surface area contributed by atoms with E-state index in [1.807, 2.05) is 31.2 Å². The number of H-pyrrole nitrogens is 1. The van der Waals surface area contributed by atoms with Crippen molar-refractivity contribution in [2.24, 2.45) is 0 Å². The molecule has 3 aromatic heterocycles. The monoisotopic (exact) mass is 363 g/mol. The lowest BCUT2D eigenvalue weighted by Gasteiger charge is -2.07. The molecule has 0 saturated carbocycles. The molecule has 136 valence electrons. The maximum atomic E-state index is 12.3. The fourth-order valence-electron chi connectivity index (χ4n) is 3.00. The number of aromatic nitrogens is 3. The number of carbonyl (C=O) groups is 1. The van der Waals surface area contributed by atoms with Crippen molar-refractivity contribution in [1.82, 2.24) is 14.4 Å². The Kier molecular flexibility index (Phi) is 4.12. The van der Waals surface area contributed by atoms with Gasteiger partial charge in [0.05, 0.1) is 12.8 Å². The maximum Gasteiger partial charge on any atom is 0.355 e. The van der Waals surface area contributed by atoms with Crippen molar-refractivity contribution in [2.75, 3.05) is 7.11 Å². The number of fused-ring (bicyclic) bond motifs is 2. The van der Waals surface area contributed by atoms with Gasteiger partial charge in [0.1, 0.15) is 23.7 Å². The van der Waals surface area contributed by atoms with Crippen LogP contribution in [0.2, 0.25) is 0 Å². The molecule has 0 aliphatic heterocycles. The van der Waals surface area contributed by atoms with Crippen molar-refractivity contribution in [3.8, 4) is 5.75 Å². The summed E-state index contributed by atoms with van der Waals surface area (Å²) in [6.07, 6.45) is 0. The second-order valence-electron chi connectivity index (χ2n) is 6.16. The third-order valence-corrected chi connectivity index (χ3v) is 4.33. The Hall–Kier alpha value is -3.61. The van der Waals surface area contributed by atoms with Crippen LogP contribution in [0.3, 0.4) is 0 Å². The smallest absolute Gasteiger partial charge is 0.355 e. The zero-order valence-electron chi connectivity index (χ0n) is 14.9. The van der Waals surface area contributed by atoms with Gasteiger partial charge in [-0.3, -0.25) is 9.20 Å². The Bertz CT molecular complexity index is 1220. The maximum absolute atomic E-state index is 12.3. The number of methoxy groups -OCH3 is 1. The van der Waals surface area contributed by atoms with Crippen LogP contribution < -0.4 is 10.3 Å². The predicted molar refractivity (Wildman–Crippen MR) is 100 cm³/mol. The predicted octanol–water partition coefficient (Wildman–Crippen LogP) is 2.85. The molecule has 0 aliphatic carbocycles. The minimum Gasteiger partial charge on any atom is -0.497 e. The first kappa shape index (κ1) is 16.8. The summed E-state index contributed by atoms with van der Waals surface area (Å²) in [6, 6.07) is 14.0. The number of pyridine rings is 1. The summed E-state index contributed by atoms with van der Waals surface area (Å²) in [5.41, 5.74) is 2.61. The number of aryl methyl sites for hydroxylation is 1. The van der Waals surface area contributed by atoms with Gasteiger partial charge in [-0.05, 0) is 37.3 Å². The average Bonchev–Trinajstić information content (AvgIpc) is 3.09. The fraction of sp³-hybridized carbons (Fsp3) is 0.150. The Morgan fingerprint density at radius 2 is 2.04 bits per heavy atom. The summed E-state index contributed by atoms with van der Waals surface area (Å²) in [6.45, 7) is 1.75. The van der Waals surface area contributed by atoms with E-state index in [9.17, 15) is 9.59 Å². The SMILES string of the molecule is COc1ccc2cc(C(=O)OCc3cc(=O)n4c(C)cccc4n3)[nH]c2c1. The molecule has 1 N–H and O–H groups in total. The normalized spacial score (nSPS) is 11.0. The van der Waals surface area contributed by atoms with Crippen molar-refractivity contribution in [1.29, 1.82) is 0 Å². The van der Waals surface area contributed by atoms with Gasteiger partial charge in [0, 0.05) is 28.7 Å². The van der Waals surface area contributed by atoms with E-state index in [-0.39, 0.29) is 12.2 Å². The molecule has 4 aromatic rings. The highest BCUT2D eigenvalue weighted by atomic mass is 16.5. The van der Waals surface area contributed by atoms with Gasteiger partial charge in [0.2, 0.25) is 0 Å². The number of rotatable bonds is 4. The van der Waals surface area contributed by atoms with Gasteiger partial charge >= 0.3 is 5.97 Å². The molecule has 27 heavy (non-hydrogen) atoms. The Morgan fingerprint density at radius 3 is 2.85 bits per heavy atom. The molecule has 0 fully saturated rings. The number of ether oxygens (including phenoxy) is 2. The Balaban J connectivity index is 1.55. The standard InChI is InChI=1S/C20H17N3O4/c1-12-4-3-5-18-21-14(9-19(24)23(12)18)11-27-20(25)17-8-13-6-7-15(26-2)10-16(13)22-17/h3-10,22H,11H2,1-2H3. The van der Waals surface area contributed by atoms with Gasteiger partial charge in [0.15, 0.2) is 0 Å². The van der Waals surface area contributed by atoms with E-state index in [2.05, 4.69) is 9.97 Å². The van der Waals surface area contributed by atoms with Gasteiger partial charge in [-0.1, -0.05) is 6.07 Å². The third-order valence-electron chi connectivity index (χ3n) is 4.33. The Labute approximate surface area is 154 Å². The molecule has 0 atom stereocenters. The van der Waals surface area contributed by atoms with Crippen LogP contribution in [0.5, 0.6) is 5.75 Å². The first-order chi connectivity index (χ1) is 13.0. The summed E-state index contributed by atoms with van der Waals surface area (Å²) in [4.78, 5) is 32.0. The number of nitrogens with one attached hydrogen (secondary N) is 1. The van der Waals surface area contributed by atoms with Gasteiger partial charge in [-0.15, -0.1) is 0 Å². The zero-order chi connectivity index (χ0) is 19.0. The molecule has 0 aliphatic rings. The lowest BCUT2D eigenvalue weighted by atomic mass is 10.2. The third kappa shape index (κ3) is 3.15. The number of hydrogen-bond acceptors (Lipinski definition) is 5. The summed E-state index contributed by atoms with van der Waals surface area (Å²) >= 11 is 0. The van der Waals surface area contributed by atoms with Gasteiger partial charge in [0.25, 0.3) is 5.56 Å². The van der Waals surface area contributed by atoms with Gasteiger partial charge < -0.3 is 14.5 Å². The summed E-state index contributed by atoms with van der Waals surface area (Å²) in [7, 11) is 1.58. The molecule has 0 amide bonds. The summed E-state index contributed by atoms with van der Waals surface area (Å²) < 4.78 is 12.0. The van der Waals surface area contributed by atoms with Crippen LogP contribution in [-0.2, 0) is 11.3 Å². The number of esters is 1. The van der Waals surface area contributed by atoms with Crippen LogP contribution in [0.1, 0.15) is 21.9 Å². The molecular formula is C20H17N3O4. The van der Waals surface area contributed by atoms with Gasteiger partial charge in [-0.2, -0.15) is 0 Å². The van der Waals surface area contributed by atoms with E-state index in [0.717, 1.165) is 16.6 Å². The van der Waals surface area contributed by atoms with E-state index in [1.54, 1.807) is 25.3 Å². The number of hydrogen-bond donors (Lipinski definition) is 1. The van der Waals surface area contributed by atoms with Crippen molar-refractivity contribution in [3.05, 3.63) is 76.0 Å². The zero-order valence-corrected chi connectivity index (χ0v) is 14.9. The highest BCUT2D eigenvalue weighted by molar-refractivity contribution is 5.95. The average molecular weight is 363 g/mol. The first-order valence-corrected chi connectivity index (χ1v) is 8.37. The number of aromatic amines is 1. The molecule has 7 heteroatoms. The highest BCUT2D eigenvalue weighted by Gasteiger charge is 2.13. The van der Waals surface area contributed by atoms with E-state index in [1.165, 1.54) is 10.5 Å². The second kappa shape index (κ2) is 6.60. The molecule has 0 saturated heterocycles. The Morgan fingerprint density at radius 1 is 1.19 bits per heavy atom. The molecule has 0 bridgehead atoms. The molecule has 0 radical (unpaired) electrons. The van der Waals surface area contributed by atoms with Crippen LogP contribution in [0.15, 0.2) is 53.3 Å².